The Labute approximate surface area is 359 Å². The molecular weight excluding hydrogens is 805 g/mol. The minimum Gasteiger partial charge on any atom is -0.255 e. The van der Waals surface area contributed by atoms with Crippen LogP contribution in [0.4, 0.5) is 0 Å². The van der Waals surface area contributed by atoms with Gasteiger partial charge in [0.1, 0.15) is 45.5 Å². The number of fused-ring (bicyclic) bond motifs is 4. The molecule has 0 amide bonds. The van der Waals surface area contributed by atoms with Gasteiger partial charge in [-0.1, -0.05) is 12.1 Å². The van der Waals surface area contributed by atoms with Gasteiger partial charge in [-0.25, -0.2) is 37.5 Å². The molecule has 0 radical (unpaired) electrons. The predicted octanol–water partition coefficient (Wildman–Crippen LogP) is 5.42. The molecule has 64 heavy (non-hydrogen) atoms. The molecule has 0 unspecified atom stereocenters. The lowest BCUT2D eigenvalue weighted by Gasteiger charge is -2.23. The van der Waals surface area contributed by atoms with Crippen LogP contribution < -0.4 is 0 Å². The van der Waals surface area contributed by atoms with Gasteiger partial charge in [-0.3, -0.25) is 9.97 Å². The highest BCUT2D eigenvalue weighted by molar-refractivity contribution is 5.76. The van der Waals surface area contributed by atoms with Gasteiger partial charge in [-0.2, -0.15) is 40.8 Å². The van der Waals surface area contributed by atoms with E-state index in [9.17, 15) is 0 Å². The minimum atomic E-state index is 0.644. The lowest BCUT2D eigenvalue weighted by molar-refractivity contribution is 0.766. The summed E-state index contributed by atoms with van der Waals surface area (Å²) in [5, 5.41) is 45.1. The first-order valence-electron chi connectivity index (χ1n) is 20.2. The third-order valence-electron chi connectivity index (χ3n) is 11.3. The summed E-state index contributed by atoms with van der Waals surface area (Å²) in [7, 11) is 0. The fourth-order valence-corrected chi connectivity index (χ4v) is 8.96. The van der Waals surface area contributed by atoms with Gasteiger partial charge in [0.15, 0.2) is 0 Å². The molecular formula is C46H30N18. The van der Waals surface area contributed by atoms with Crippen molar-refractivity contribution in [1.29, 1.82) is 0 Å². The molecule has 0 saturated carbocycles. The van der Waals surface area contributed by atoms with E-state index >= 15 is 0 Å². The molecule has 304 valence electrons. The van der Waals surface area contributed by atoms with E-state index in [1.54, 1.807) is 49.6 Å². The molecule has 0 bridgehead atoms. The summed E-state index contributed by atoms with van der Waals surface area (Å²) in [6.07, 6.45) is 33.1. The van der Waals surface area contributed by atoms with E-state index in [0.717, 1.165) is 31.3 Å². The van der Waals surface area contributed by atoms with E-state index in [4.69, 9.17) is 50.8 Å². The summed E-state index contributed by atoms with van der Waals surface area (Å²) in [6, 6.07) is 23.3. The maximum atomic E-state index is 5.39. The summed E-state index contributed by atoms with van der Waals surface area (Å²) in [6.45, 7) is 0. The van der Waals surface area contributed by atoms with Crippen LogP contribution in [0.2, 0.25) is 0 Å². The third kappa shape index (κ3) is 5.13. The van der Waals surface area contributed by atoms with Crippen LogP contribution in [0.3, 0.4) is 0 Å². The van der Waals surface area contributed by atoms with Crippen LogP contribution in [0.25, 0.3) is 45.5 Å². The Kier molecular flexibility index (Phi) is 7.70. The Morgan fingerprint density at radius 2 is 0.469 bits per heavy atom. The van der Waals surface area contributed by atoms with Crippen molar-refractivity contribution < 1.29 is 0 Å². The van der Waals surface area contributed by atoms with Crippen molar-refractivity contribution in [3.63, 3.8) is 0 Å². The number of pyridine rings is 2. The standard InChI is InChI=1S/C46H30N18/c1-11-31-33-35(41(59-25-5-17-51-59)45(63-29-9-21-55-63)43(61-27-7-19-53-61)39(33)57-23-3-15-49-57)38-32(12-2-14-48-38)34-36(37(31)47-13-1)42(60-26-6-18-52-60)46(64-30-10-22-56-64)44(62-28-8-20-54-62)40(34)58-24-4-16-50-58/h1-30H. The molecule has 0 aliphatic heterocycles. The molecule has 0 N–H and O–H groups in total. The van der Waals surface area contributed by atoms with Crippen LogP contribution in [0.15, 0.2) is 184 Å². The van der Waals surface area contributed by atoms with Crippen LogP contribution in [0, 0.1) is 42.0 Å². The zero-order valence-corrected chi connectivity index (χ0v) is 33.4. The van der Waals surface area contributed by atoms with E-state index < -0.39 is 0 Å². The summed E-state index contributed by atoms with van der Waals surface area (Å²) in [4.78, 5) is 10.8. The summed E-state index contributed by atoms with van der Waals surface area (Å²) < 4.78 is 14.9. The Balaban J connectivity index is 1.51. The fourth-order valence-electron chi connectivity index (χ4n) is 8.96. The van der Waals surface area contributed by atoms with Crippen LogP contribution in [-0.4, -0.2) is 88.2 Å². The largest absolute Gasteiger partial charge is 0.255 e. The zero-order valence-electron chi connectivity index (χ0n) is 33.4. The third-order valence-corrected chi connectivity index (χ3v) is 11.3. The lowest BCUT2D eigenvalue weighted by atomic mass is 9.98. The SMILES string of the molecule is c1cnc2c(c1)=c1c(-n3cccn3)c(-n3cccn3)c(-n3cccn3)c(-n3cccn3)c1=c1ncccc1=c1c(-n3cccn3)c(-n3cccn3)c(-n3cccn3)c(-n3cccn3)c1=2. The average molecular weight is 835 g/mol. The number of hydrogen-bond donors (Lipinski definition) is 0. The number of hydrogen-bond acceptors (Lipinski definition) is 10. The Morgan fingerprint density at radius 3 is 0.703 bits per heavy atom. The molecule has 0 atom stereocenters. The van der Waals surface area contributed by atoms with Gasteiger partial charge in [-0.15, -0.1) is 0 Å². The molecule has 1 aliphatic carbocycles. The van der Waals surface area contributed by atoms with E-state index in [2.05, 4.69) is 12.1 Å². The first-order valence-corrected chi connectivity index (χ1v) is 20.2. The highest BCUT2D eigenvalue weighted by Crippen LogP contribution is 2.38. The van der Waals surface area contributed by atoms with Gasteiger partial charge in [-0.05, 0) is 60.7 Å². The smallest absolute Gasteiger partial charge is 0.119 e. The van der Waals surface area contributed by atoms with Crippen LogP contribution >= 0.6 is 0 Å². The second-order valence-corrected chi connectivity index (χ2v) is 14.7. The number of nitrogens with zero attached hydrogens (tertiary/aromatic N) is 18. The summed E-state index contributed by atoms with van der Waals surface area (Å²) >= 11 is 0. The Morgan fingerprint density at radius 1 is 0.234 bits per heavy atom. The Hall–Kier alpha value is -9.58. The van der Waals surface area contributed by atoms with Crippen LogP contribution in [0.5, 0.6) is 0 Å². The topological polar surface area (TPSA) is 168 Å². The van der Waals surface area contributed by atoms with E-state index in [0.29, 0.717) is 56.2 Å². The molecule has 0 saturated heterocycles. The van der Waals surface area contributed by atoms with Crippen molar-refractivity contribution >= 4 is 0 Å². The predicted molar refractivity (Wildman–Crippen MR) is 229 cm³/mol. The quantitative estimate of drug-likeness (QED) is 0.193. The van der Waals surface area contributed by atoms with Crippen LogP contribution in [0.1, 0.15) is 0 Å². The molecule has 13 rings (SSSR count). The van der Waals surface area contributed by atoms with Gasteiger partial charge in [0.05, 0.1) is 10.7 Å². The molecule has 0 spiro atoms. The van der Waals surface area contributed by atoms with Gasteiger partial charge in [0.25, 0.3) is 0 Å². The normalized spacial score (nSPS) is 11.8. The average Bonchev–Trinajstić information content (AvgIpc) is 4.20. The zero-order chi connectivity index (χ0) is 42.1. The van der Waals surface area contributed by atoms with E-state index in [1.165, 1.54) is 0 Å². The first-order chi connectivity index (χ1) is 31.8. The highest BCUT2D eigenvalue weighted by atomic mass is 15.4. The van der Waals surface area contributed by atoms with Gasteiger partial charge >= 0.3 is 0 Å². The molecule has 10 heterocycles. The first kappa shape index (κ1) is 35.2. The van der Waals surface area contributed by atoms with Crippen molar-refractivity contribution in [3.05, 3.63) is 226 Å². The molecule has 10 aromatic heterocycles. The summed E-state index contributed by atoms with van der Waals surface area (Å²) in [5.74, 6) is 0. The van der Waals surface area contributed by atoms with E-state index in [-0.39, 0.29) is 0 Å². The molecule has 12 aromatic rings. The molecule has 0 fully saturated rings. The molecule has 1 aliphatic rings. The van der Waals surface area contributed by atoms with Gasteiger partial charge < -0.3 is 0 Å². The molecule has 2 aromatic carbocycles. The Bertz CT molecular complexity index is 3500. The maximum Gasteiger partial charge on any atom is 0.119 e. The van der Waals surface area contributed by atoms with Crippen LogP contribution in [-0.2, 0) is 0 Å². The second kappa shape index (κ2) is 14.0. The molecule has 18 heteroatoms. The van der Waals surface area contributed by atoms with E-state index in [1.807, 2.05) is 160 Å². The van der Waals surface area contributed by atoms with Crippen molar-refractivity contribution in [2.24, 2.45) is 0 Å². The number of rotatable bonds is 8. The monoisotopic (exact) mass is 834 g/mol. The van der Waals surface area contributed by atoms with Gasteiger partial charge in [0, 0.05) is 143 Å². The van der Waals surface area contributed by atoms with Gasteiger partial charge in [0.2, 0.25) is 0 Å². The maximum absolute atomic E-state index is 5.39. The second-order valence-electron chi connectivity index (χ2n) is 14.7. The fraction of sp³-hybridized carbons (Fsp3) is 0. The van der Waals surface area contributed by atoms with Crippen molar-refractivity contribution in [2.75, 3.05) is 0 Å². The minimum absolute atomic E-state index is 0.644. The van der Waals surface area contributed by atoms with Crippen molar-refractivity contribution in [1.82, 2.24) is 88.2 Å². The van der Waals surface area contributed by atoms with Crippen molar-refractivity contribution in [2.45, 2.75) is 0 Å². The highest BCUT2D eigenvalue weighted by Gasteiger charge is 2.30. The number of benzene rings is 2. The molecule has 18 nitrogen and oxygen atoms in total. The summed E-state index contributed by atoms with van der Waals surface area (Å²) in [5.41, 5.74) is 5.52. The number of aromatic nitrogens is 18. The van der Waals surface area contributed by atoms with Crippen molar-refractivity contribution in [3.8, 4) is 45.5 Å². The lowest BCUT2D eigenvalue weighted by Crippen LogP contribution is -2.18.